The molecule has 28 heavy (non-hydrogen) atoms. The van der Waals surface area contributed by atoms with Crippen LogP contribution < -0.4 is 16.0 Å². The van der Waals surface area contributed by atoms with Gasteiger partial charge in [-0.1, -0.05) is 32.0 Å². The predicted molar refractivity (Wildman–Crippen MR) is 112 cm³/mol. The molecular weight excluding hydrogens is 352 g/mol. The zero-order valence-electron chi connectivity index (χ0n) is 16.3. The lowest BCUT2D eigenvalue weighted by Gasteiger charge is -2.19. The number of nitrogens with zero attached hydrogens (tertiary/aromatic N) is 2. The normalized spacial score (nSPS) is 10.9. The number of nitrogens with two attached hydrogens (primary N) is 1. The van der Waals surface area contributed by atoms with E-state index in [1.54, 1.807) is 24.3 Å². The molecule has 6 heteroatoms. The third-order valence-corrected chi connectivity index (χ3v) is 4.38. The molecule has 0 bridgehead atoms. The number of imide groups is 1. The fourth-order valence-corrected chi connectivity index (χ4v) is 2.90. The highest BCUT2D eigenvalue weighted by molar-refractivity contribution is 6.21. The van der Waals surface area contributed by atoms with E-state index in [9.17, 15) is 14.9 Å². The average molecular weight is 376 g/mol. The number of rotatable bonds is 6. The SMILES string of the molecule is CCc1cccc(CC)c1N/C=C(/C#N)C(=O)N(C(C)=O)c1ccc(N)cc1. The molecule has 2 aromatic rings. The second-order valence-corrected chi connectivity index (χ2v) is 6.22. The highest BCUT2D eigenvalue weighted by Gasteiger charge is 2.24. The summed E-state index contributed by atoms with van der Waals surface area (Å²) in [6, 6.07) is 14.2. The summed E-state index contributed by atoms with van der Waals surface area (Å²) in [6.07, 6.45) is 2.99. The zero-order valence-corrected chi connectivity index (χ0v) is 16.3. The highest BCUT2D eigenvalue weighted by Crippen LogP contribution is 2.24. The summed E-state index contributed by atoms with van der Waals surface area (Å²) >= 11 is 0. The lowest BCUT2D eigenvalue weighted by atomic mass is 10.0. The standard InChI is InChI=1S/C22H24N4O2/c1-4-16-7-6-8-17(5-2)21(16)25-14-18(13-23)22(28)26(15(3)27)20-11-9-19(24)10-12-20/h6-12,14,25H,4-5,24H2,1-3H3/b18-14-. The molecule has 0 saturated carbocycles. The second kappa shape index (κ2) is 9.38. The lowest BCUT2D eigenvalue weighted by molar-refractivity contribution is -0.123. The first-order chi connectivity index (χ1) is 13.4. The van der Waals surface area contributed by atoms with E-state index < -0.39 is 11.8 Å². The van der Waals surface area contributed by atoms with Crippen molar-refractivity contribution in [3.05, 3.63) is 65.4 Å². The lowest BCUT2D eigenvalue weighted by Crippen LogP contribution is -2.36. The van der Waals surface area contributed by atoms with Crippen LogP contribution >= 0.6 is 0 Å². The molecule has 0 atom stereocenters. The summed E-state index contributed by atoms with van der Waals surface area (Å²) in [5.41, 5.74) is 9.43. The maximum atomic E-state index is 12.9. The van der Waals surface area contributed by atoms with Crippen molar-refractivity contribution in [1.82, 2.24) is 0 Å². The van der Waals surface area contributed by atoms with Crippen LogP contribution in [0.2, 0.25) is 0 Å². The van der Waals surface area contributed by atoms with Crippen LogP contribution in [0.4, 0.5) is 17.1 Å². The average Bonchev–Trinajstić information content (AvgIpc) is 2.69. The van der Waals surface area contributed by atoms with Crippen LogP contribution in [0.1, 0.15) is 31.9 Å². The number of nitrogens with one attached hydrogen (secondary N) is 1. The summed E-state index contributed by atoms with van der Waals surface area (Å²) in [4.78, 5) is 25.9. The second-order valence-electron chi connectivity index (χ2n) is 6.22. The molecule has 0 spiro atoms. The van der Waals surface area contributed by atoms with Gasteiger partial charge >= 0.3 is 0 Å². The minimum atomic E-state index is -0.695. The van der Waals surface area contributed by atoms with Gasteiger partial charge in [-0.3, -0.25) is 9.59 Å². The number of benzene rings is 2. The largest absolute Gasteiger partial charge is 0.399 e. The van der Waals surface area contributed by atoms with Crippen LogP contribution in [-0.2, 0) is 22.4 Å². The monoisotopic (exact) mass is 376 g/mol. The van der Waals surface area contributed by atoms with Crippen LogP contribution in [0, 0.1) is 11.3 Å². The van der Waals surface area contributed by atoms with Crippen LogP contribution in [0.15, 0.2) is 54.2 Å². The number of carbonyl (C=O) groups excluding carboxylic acids is 2. The number of nitriles is 1. The maximum absolute atomic E-state index is 12.9. The Morgan fingerprint density at radius 1 is 1.11 bits per heavy atom. The van der Waals surface area contributed by atoms with E-state index in [1.807, 2.05) is 38.1 Å². The molecule has 3 N–H and O–H groups in total. The number of amides is 2. The fourth-order valence-electron chi connectivity index (χ4n) is 2.90. The summed E-state index contributed by atoms with van der Waals surface area (Å²) < 4.78 is 0. The van der Waals surface area contributed by atoms with E-state index in [0.717, 1.165) is 34.6 Å². The van der Waals surface area contributed by atoms with Gasteiger partial charge in [0.2, 0.25) is 5.91 Å². The molecule has 0 fully saturated rings. The molecule has 2 rings (SSSR count). The number of aryl methyl sites for hydroxylation is 2. The van der Waals surface area contributed by atoms with Crippen LogP contribution in [0.5, 0.6) is 0 Å². The molecule has 0 saturated heterocycles. The molecule has 2 aromatic carbocycles. The fraction of sp³-hybridized carbons (Fsp3) is 0.227. The topological polar surface area (TPSA) is 99.2 Å². The summed E-state index contributed by atoms with van der Waals surface area (Å²) in [6.45, 7) is 5.36. The Morgan fingerprint density at radius 3 is 2.14 bits per heavy atom. The third kappa shape index (κ3) is 4.57. The van der Waals surface area contributed by atoms with Gasteiger partial charge in [-0.2, -0.15) is 5.26 Å². The van der Waals surface area contributed by atoms with Gasteiger partial charge in [0.15, 0.2) is 0 Å². The van der Waals surface area contributed by atoms with E-state index in [0.29, 0.717) is 11.4 Å². The molecule has 6 nitrogen and oxygen atoms in total. The van der Waals surface area contributed by atoms with E-state index >= 15 is 0 Å². The van der Waals surface area contributed by atoms with Crippen molar-refractivity contribution < 1.29 is 9.59 Å². The first-order valence-corrected chi connectivity index (χ1v) is 9.11. The Bertz CT molecular complexity index is 918. The minimum Gasteiger partial charge on any atom is -0.399 e. The third-order valence-electron chi connectivity index (χ3n) is 4.38. The van der Waals surface area contributed by atoms with Crippen molar-refractivity contribution in [3.63, 3.8) is 0 Å². The van der Waals surface area contributed by atoms with Gasteiger partial charge in [0.05, 0.1) is 5.69 Å². The molecule has 0 radical (unpaired) electrons. The van der Waals surface area contributed by atoms with Gasteiger partial charge < -0.3 is 11.1 Å². The summed E-state index contributed by atoms with van der Waals surface area (Å²) in [5.74, 6) is -1.18. The first-order valence-electron chi connectivity index (χ1n) is 9.11. The van der Waals surface area contributed by atoms with Gasteiger partial charge in [-0.15, -0.1) is 0 Å². The molecule has 2 amide bonds. The molecule has 0 heterocycles. The number of carbonyl (C=O) groups is 2. The van der Waals surface area contributed by atoms with Gasteiger partial charge in [-0.25, -0.2) is 4.90 Å². The van der Waals surface area contributed by atoms with Crippen molar-refractivity contribution in [2.24, 2.45) is 0 Å². The van der Waals surface area contributed by atoms with Crippen molar-refractivity contribution >= 4 is 28.9 Å². The Morgan fingerprint density at radius 2 is 1.68 bits per heavy atom. The highest BCUT2D eigenvalue weighted by atomic mass is 16.2. The number of para-hydroxylation sites is 1. The smallest absolute Gasteiger partial charge is 0.277 e. The van der Waals surface area contributed by atoms with Gasteiger partial charge in [-0.05, 0) is 48.2 Å². The predicted octanol–water partition coefficient (Wildman–Crippen LogP) is 3.79. The van der Waals surface area contributed by atoms with Gasteiger partial charge in [0.1, 0.15) is 11.6 Å². The first kappa shape index (κ1) is 20.7. The van der Waals surface area contributed by atoms with E-state index in [4.69, 9.17) is 5.73 Å². The van der Waals surface area contributed by atoms with Crippen molar-refractivity contribution in [1.29, 1.82) is 5.26 Å². The molecule has 0 aliphatic heterocycles. The summed E-state index contributed by atoms with van der Waals surface area (Å²) in [5, 5.41) is 12.6. The van der Waals surface area contributed by atoms with E-state index in [2.05, 4.69) is 5.32 Å². The number of anilines is 3. The van der Waals surface area contributed by atoms with Gasteiger partial charge in [0, 0.05) is 24.5 Å². The molecule has 144 valence electrons. The summed E-state index contributed by atoms with van der Waals surface area (Å²) in [7, 11) is 0. The van der Waals surface area contributed by atoms with Crippen molar-refractivity contribution in [2.75, 3.05) is 16.0 Å². The van der Waals surface area contributed by atoms with Crippen LogP contribution in [0.3, 0.4) is 0 Å². The Hall–Kier alpha value is -3.59. The van der Waals surface area contributed by atoms with Crippen molar-refractivity contribution in [2.45, 2.75) is 33.6 Å². The van der Waals surface area contributed by atoms with Gasteiger partial charge in [0.25, 0.3) is 5.91 Å². The van der Waals surface area contributed by atoms with Crippen molar-refractivity contribution in [3.8, 4) is 6.07 Å². The Labute approximate surface area is 165 Å². The van der Waals surface area contributed by atoms with E-state index in [-0.39, 0.29) is 5.57 Å². The van der Waals surface area contributed by atoms with Crippen LogP contribution in [-0.4, -0.2) is 11.8 Å². The molecule has 0 aliphatic rings. The zero-order chi connectivity index (χ0) is 20.7. The maximum Gasteiger partial charge on any atom is 0.277 e. The molecule has 0 aromatic heterocycles. The Balaban J connectivity index is 2.38. The molecule has 0 aliphatic carbocycles. The molecular formula is C22H24N4O2. The quantitative estimate of drug-likeness (QED) is 0.454. The van der Waals surface area contributed by atoms with Crippen LogP contribution in [0.25, 0.3) is 0 Å². The number of hydrogen-bond donors (Lipinski definition) is 2. The number of hydrogen-bond acceptors (Lipinski definition) is 5. The number of nitrogen functional groups attached to an aromatic ring is 1. The minimum absolute atomic E-state index is 0.167. The Kier molecular flexibility index (Phi) is 6.94. The molecule has 0 unspecified atom stereocenters. The van der Waals surface area contributed by atoms with E-state index in [1.165, 1.54) is 13.1 Å².